The highest BCUT2D eigenvalue weighted by Crippen LogP contribution is 2.25. The first-order valence-corrected chi connectivity index (χ1v) is 12.5. The number of nitrogens with one attached hydrogen (secondary N) is 1. The van der Waals surface area contributed by atoms with Gasteiger partial charge in [0.25, 0.3) is 0 Å². The van der Waals surface area contributed by atoms with Crippen LogP contribution in [-0.4, -0.2) is 42.2 Å². The minimum absolute atomic E-state index is 0.106. The smallest absolute Gasteiger partial charge is 0.242 e. The van der Waals surface area contributed by atoms with Crippen molar-refractivity contribution in [2.24, 2.45) is 5.92 Å². The van der Waals surface area contributed by atoms with E-state index in [1.54, 1.807) is 24.1 Å². The molecular weight excluding hydrogens is 463 g/mol. The number of benzene rings is 2. The number of carbonyl (C=O) groups is 2. The van der Waals surface area contributed by atoms with Crippen LogP contribution in [0.5, 0.6) is 5.75 Å². The van der Waals surface area contributed by atoms with E-state index in [-0.39, 0.29) is 29.9 Å². The lowest BCUT2D eigenvalue weighted by Crippen LogP contribution is -2.50. The Morgan fingerprint density at radius 1 is 1.18 bits per heavy atom. The normalized spacial score (nSPS) is 11.8. The van der Waals surface area contributed by atoms with E-state index in [1.807, 2.05) is 45.0 Å². The van der Waals surface area contributed by atoms with Gasteiger partial charge in [-0.05, 0) is 42.2 Å². The molecule has 0 aliphatic carbocycles. The van der Waals surface area contributed by atoms with E-state index in [4.69, 9.17) is 16.3 Å². The predicted molar refractivity (Wildman–Crippen MR) is 133 cm³/mol. The van der Waals surface area contributed by atoms with Gasteiger partial charge in [-0.25, -0.2) is 4.39 Å². The number of nitrogens with zero attached hydrogens (tertiary/aromatic N) is 1. The summed E-state index contributed by atoms with van der Waals surface area (Å²) in [5, 5.41) is 3.28. The Labute approximate surface area is 205 Å². The van der Waals surface area contributed by atoms with Crippen LogP contribution in [0.4, 0.5) is 4.39 Å². The number of carbonyl (C=O) groups excluding carboxylic acids is 2. The monoisotopic (exact) mass is 494 g/mol. The van der Waals surface area contributed by atoms with Gasteiger partial charge in [-0.2, -0.15) is 0 Å². The second kappa shape index (κ2) is 13.5. The van der Waals surface area contributed by atoms with Gasteiger partial charge in [0.15, 0.2) is 0 Å². The van der Waals surface area contributed by atoms with Gasteiger partial charge >= 0.3 is 0 Å². The van der Waals surface area contributed by atoms with Gasteiger partial charge in [0.2, 0.25) is 11.8 Å². The lowest BCUT2D eigenvalue weighted by Gasteiger charge is -2.31. The van der Waals surface area contributed by atoms with Crippen LogP contribution in [0, 0.1) is 11.7 Å². The minimum atomic E-state index is -0.601. The fourth-order valence-corrected chi connectivity index (χ4v) is 4.51. The molecule has 1 N–H and O–H groups in total. The lowest BCUT2D eigenvalue weighted by molar-refractivity contribution is -0.139. The first-order chi connectivity index (χ1) is 15.8. The molecule has 2 amide bonds. The molecule has 0 fully saturated rings. The number of thioether (sulfide) groups is 1. The number of ether oxygens (including phenoxy) is 1. The Morgan fingerprint density at radius 3 is 2.45 bits per heavy atom. The van der Waals surface area contributed by atoms with Gasteiger partial charge in [-0.3, -0.25) is 9.59 Å². The summed E-state index contributed by atoms with van der Waals surface area (Å²) in [6.45, 7) is 6.76. The third-order valence-electron chi connectivity index (χ3n) is 5.12. The van der Waals surface area contributed by atoms with Crippen LogP contribution >= 0.6 is 23.4 Å². The summed E-state index contributed by atoms with van der Waals surface area (Å²) in [7, 11) is 1.59. The summed E-state index contributed by atoms with van der Waals surface area (Å²) in [4.78, 5) is 27.8. The van der Waals surface area contributed by atoms with E-state index in [0.717, 1.165) is 11.3 Å². The molecule has 0 heterocycles. The number of methoxy groups -OCH3 is 1. The Kier molecular flexibility index (Phi) is 11.0. The molecule has 33 heavy (non-hydrogen) atoms. The van der Waals surface area contributed by atoms with E-state index < -0.39 is 11.9 Å². The highest BCUT2D eigenvalue weighted by atomic mass is 35.5. The molecule has 180 valence electrons. The molecule has 2 rings (SSSR count). The van der Waals surface area contributed by atoms with Gasteiger partial charge < -0.3 is 15.0 Å². The van der Waals surface area contributed by atoms with Crippen molar-refractivity contribution in [1.29, 1.82) is 0 Å². The maximum atomic E-state index is 14.1. The average Bonchev–Trinajstić information content (AvgIpc) is 2.79. The van der Waals surface area contributed by atoms with Gasteiger partial charge in [0.1, 0.15) is 17.6 Å². The molecule has 8 heteroatoms. The molecule has 5 nitrogen and oxygen atoms in total. The fraction of sp³-hybridized carbons (Fsp3) is 0.440. The van der Waals surface area contributed by atoms with Crippen LogP contribution in [0.15, 0.2) is 42.5 Å². The van der Waals surface area contributed by atoms with E-state index in [1.165, 1.54) is 17.8 Å². The topological polar surface area (TPSA) is 58.6 Å². The van der Waals surface area contributed by atoms with Crippen LogP contribution in [-0.2, 0) is 21.9 Å². The second-order valence-electron chi connectivity index (χ2n) is 8.13. The Morgan fingerprint density at radius 2 is 1.88 bits per heavy atom. The SMILES string of the molecule is CCC(C(=O)NCC(C)C)N(Cc1ccc(OC)cc1)C(=O)CSCc1c(F)cccc1Cl. The highest BCUT2D eigenvalue weighted by Gasteiger charge is 2.28. The molecule has 1 atom stereocenters. The second-order valence-corrected chi connectivity index (χ2v) is 9.52. The van der Waals surface area contributed by atoms with Crippen molar-refractivity contribution in [3.63, 3.8) is 0 Å². The number of rotatable bonds is 12. The lowest BCUT2D eigenvalue weighted by atomic mass is 10.1. The fourth-order valence-electron chi connectivity index (χ4n) is 3.26. The molecule has 0 saturated carbocycles. The summed E-state index contributed by atoms with van der Waals surface area (Å²) >= 11 is 7.38. The largest absolute Gasteiger partial charge is 0.497 e. The quantitative estimate of drug-likeness (QED) is 0.435. The van der Waals surface area contributed by atoms with E-state index >= 15 is 0 Å². The molecule has 2 aromatic rings. The summed E-state index contributed by atoms with van der Waals surface area (Å²) in [5.41, 5.74) is 1.27. The maximum absolute atomic E-state index is 14.1. The molecular formula is C25H32ClFN2O3S. The number of amides is 2. The number of hydrogen-bond acceptors (Lipinski definition) is 4. The molecule has 0 aliphatic heterocycles. The molecule has 0 radical (unpaired) electrons. The van der Waals surface area contributed by atoms with Crippen molar-refractivity contribution in [1.82, 2.24) is 10.2 Å². The zero-order valence-electron chi connectivity index (χ0n) is 19.6. The predicted octanol–water partition coefficient (Wildman–Crippen LogP) is 5.30. The van der Waals surface area contributed by atoms with Crippen molar-refractivity contribution in [3.8, 4) is 5.75 Å². The van der Waals surface area contributed by atoms with Gasteiger partial charge in [-0.15, -0.1) is 11.8 Å². The zero-order valence-corrected chi connectivity index (χ0v) is 21.1. The molecule has 0 spiro atoms. The number of halogens is 2. The van der Waals surface area contributed by atoms with Gasteiger partial charge in [-0.1, -0.05) is 50.6 Å². The maximum Gasteiger partial charge on any atom is 0.242 e. The Hall–Kier alpha value is -2.25. The van der Waals surface area contributed by atoms with Crippen molar-refractivity contribution in [2.45, 2.75) is 45.5 Å². The van der Waals surface area contributed by atoms with Crippen molar-refractivity contribution in [3.05, 3.63) is 64.4 Å². The Bertz CT molecular complexity index is 904. The minimum Gasteiger partial charge on any atom is -0.497 e. The van der Waals surface area contributed by atoms with Crippen LogP contribution in [0.25, 0.3) is 0 Å². The van der Waals surface area contributed by atoms with Crippen LogP contribution < -0.4 is 10.1 Å². The summed E-state index contributed by atoms with van der Waals surface area (Å²) in [6, 6.07) is 11.3. The highest BCUT2D eigenvalue weighted by molar-refractivity contribution is 7.99. The van der Waals surface area contributed by atoms with Gasteiger partial charge in [0, 0.05) is 29.4 Å². The first-order valence-electron chi connectivity index (χ1n) is 11.0. The summed E-state index contributed by atoms with van der Waals surface area (Å²) in [6.07, 6.45) is 0.482. The average molecular weight is 495 g/mol. The standard InChI is InChI=1S/C25H32ClFN2O3S/c1-5-23(25(31)28-13-17(2)3)29(14-18-9-11-19(32-4)12-10-18)24(30)16-33-15-20-21(26)7-6-8-22(20)27/h6-12,17,23H,5,13-16H2,1-4H3,(H,28,31). The Balaban J connectivity index is 2.16. The van der Waals surface area contributed by atoms with E-state index in [2.05, 4.69) is 5.32 Å². The van der Waals surface area contributed by atoms with E-state index in [9.17, 15) is 14.0 Å². The first kappa shape index (κ1) is 27.0. The third kappa shape index (κ3) is 8.23. The van der Waals surface area contributed by atoms with Crippen LogP contribution in [0.2, 0.25) is 5.02 Å². The zero-order chi connectivity index (χ0) is 24.4. The van der Waals surface area contributed by atoms with E-state index in [0.29, 0.717) is 29.5 Å². The van der Waals surface area contributed by atoms with Crippen LogP contribution in [0.1, 0.15) is 38.3 Å². The van der Waals surface area contributed by atoms with Crippen molar-refractivity contribution < 1.29 is 18.7 Å². The van der Waals surface area contributed by atoms with Crippen molar-refractivity contribution >= 4 is 35.2 Å². The molecule has 0 aromatic heterocycles. The molecule has 0 saturated heterocycles. The molecule has 0 aliphatic rings. The summed E-state index contributed by atoms with van der Waals surface area (Å²) in [5.74, 6) is 0.648. The van der Waals surface area contributed by atoms with Crippen LogP contribution in [0.3, 0.4) is 0 Å². The molecule has 2 aromatic carbocycles. The summed E-state index contributed by atoms with van der Waals surface area (Å²) < 4.78 is 19.3. The van der Waals surface area contributed by atoms with Crippen molar-refractivity contribution in [2.75, 3.05) is 19.4 Å². The molecule has 0 bridgehead atoms. The number of hydrogen-bond donors (Lipinski definition) is 1. The van der Waals surface area contributed by atoms with Gasteiger partial charge in [0.05, 0.1) is 12.9 Å². The molecule has 1 unspecified atom stereocenters. The third-order valence-corrected chi connectivity index (χ3v) is 6.41.